The number of benzene rings is 1. The molecule has 6 heteroatoms. The molecule has 0 saturated carbocycles. The maximum absolute atomic E-state index is 11.1. The standard InChI is InChI=1S/C9H8N4O2/c10-12-8(14)6-1-3-7(4-2-6)9-13-11-5-15-9/h1-5H,10H2,(H,12,14). The molecule has 1 aromatic heterocycles. The fourth-order valence-electron chi connectivity index (χ4n) is 1.15. The second kappa shape index (κ2) is 3.89. The molecule has 0 aliphatic rings. The lowest BCUT2D eigenvalue weighted by Gasteiger charge is -1.99. The van der Waals surface area contributed by atoms with Gasteiger partial charge in [-0.3, -0.25) is 10.2 Å². The number of nitrogens with zero attached hydrogens (tertiary/aromatic N) is 2. The molecule has 1 heterocycles. The minimum Gasteiger partial charge on any atom is -0.423 e. The number of aromatic nitrogens is 2. The van der Waals surface area contributed by atoms with Gasteiger partial charge in [0.2, 0.25) is 12.3 Å². The van der Waals surface area contributed by atoms with E-state index in [1.54, 1.807) is 24.3 Å². The lowest BCUT2D eigenvalue weighted by molar-refractivity contribution is 0.0953. The molecule has 76 valence electrons. The smallest absolute Gasteiger partial charge is 0.265 e. The van der Waals surface area contributed by atoms with E-state index < -0.39 is 0 Å². The van der Waals surface area contributed by atoms with Crippen LogP contribution in [-0.2, 0) is 0 Å². The summed E-state index contributed by atoms with van der Waals surface area (Å²) in [5.74, 6) is 5.07. The Morgan fingerprint density at radius 3 is 2.60 bits per heavy atom. The highest BCUT2D eigenvalue weighted by molar-refractivity contribution is 5.94. The first-order valence-corrected chi connectivity index (χ1v) is 4.19. The zero-order chi connectivity index (χ0) is 10.7. The number of rotatable bonds is 2. The number of hydrogen-bond donors (Lipinski definition) is 2. The average Bonchev–Trinajstić information content (AvgIpc) is 2.82. The number of carbonyl (C=O) groups is 1. The Morgan fingerprint density at radius 2 is 2.07 bits per heavy atom. The van der Waals surface area contributed by atoms with Crippen molar-refractivity contribution in [1.82, 2.24) is 15.6 Å². The molecule has 0 aliphatic carbocycles. The van der Waals surface area contributed by atoms with Crippen LogP contribution in [0.5, 0.6) is 0 Å². The zero-order valence-electron chi connectivity index (χ0n) is 7.68. The zero-order valence-corrected chi connectivity index (χ0v) is 7.68. The van der Waals surface area contributed by atoms with Crippen LogP contribution in [0.15, 0.2) is 35.1 Å². The SMILES string of the molecule is NNC(=O)c1ccc(-c2nnco2)cc1. The third-order valence-electron chi connectivity index (χ3n) is 1.89. The highest BCUT2D eigenvalue weighted by atomic mass is 16.4. The molecule has 0 bridgehead atoms. The predicted octanol–water partition coefficient (Wildman–Crippen LogP) is 0.340. The minimum atomic E-state index is -0.341. The van der Waals surface area contributed by atoms with Crippen molar-refractivity contribution in [3.63, 3.8) is 0 Å². The summed E-state index contributed by atoms with van der Waals surface area (Å²) in [7, 11) is 0. The van der Waals surface area contributed by atoms with Gasteiger partial charge in [-0.1, -0.05) is 0 Å². The first-order chi connectivity index (χ1) is 7.31. The number of hydrogen-bond acceptors (Lipinski definition) is 5. The predicted molar refractivity (Wildman–Crippen MR) is 51.4 cm³/mol. The maximum atomic E-state index is 11.1. The molecule has 0 fully saturated rings. The molecule has 1 amide bonds. The van der Waals surface area contributed by atoms with Crippen molar-refractivity contribution >= 4 is 5.91 Å². The molecule has 0 radical (unpaired) electrons. The van der Waals surface area contributed by atoms with Crippen LogP contribution in [0.4, 0.5) is 0 Å². The van der Waals surface area contributed by atoms with Crippen molar-refractivity contribution in [2.75, 3.05) is 0 Å². The molecule has 0 atom stereocenters. The van der Waals surface area contributed by atoms with Gasteiger partial charge in [0.15, 0.2) is 0 Å². The molecule has 0 unspecified atom stereocenters. The van der Waals surface area contributed by atoms with Crippen LogP contribution in [-0.4, -0.2) is 16.1 Å². The summed E-state index contributed by atoms with van der Waals surface area (Å²) in [6, 6.07) is 6.67. The van der Waals surface area contributed by atoms with E-state index in [1.807, 2.05) is 5.43 Å². The minimum absolute atomic E-state index is 0.341. The number of nitrogens with two attached hydrogens (primary N) is 1. The largest absolute Gasteiger partial charge is 0.423 e. The molecule has 2 aromatic rings. The van der Waals surface area contributed by atoms with Crippen LogP contribution in [0.1, 0.15) is 10.4 Å². The van der Waals surface area contributed by atoms with Gasteiger partial charge >= 0.3 is 0 Å². The molecule has 2 rings (SSSR count). The lowest BCUT2D eigenvalue weighted by atomic mass is 10.1. The molecular weight excluding hydrogens is 196 g/mol. The second-order valence-electron chi connectivity index (χ2n) is 2.79. The number of nitrogen functional groups attached to an aromatic ring is 1. The van der Waals surface area contributed by atoms with E-state index in [0.717, 1.165) is 5.56 Å². The summed E-state index contributed by atoms with van der Waals surface area (Å²) in [5.41, 5.74) is 3.27. The van der Waals surface area contributed by atoms with Gasteiger partial charge in [0.25, 0.3) is 5.91 Å². The van der Waals surface area contributed by atoms with E-state index in [2.05, 4.69) is 10.2 Å². The van der Waals surface area contributed by atoms with E-state index in [4.69, 9.17) is 10.3 Å². The fourth-order valence-corrected chi connectivity index (χ4v) is 1.15. The number of carbonyl (C=O) groups excluding carboxylic acids is 1. The number of nitrogens with one attached hydrogen (secondary N) is 1. The fraction of sp³-hybridized carbons (Fsp3) is 0. The van der Waals surface area contributed by atoms with Crippen molar-refractivity contribution in [3.8, 4) is 11.5 Å². The molecule has 3 N–H and O–H groups in total. The van der Waals surface area contributed by atoms with Crippen molar-refractivity contribution in [2.45, 2.75) is 0 Å². The topological polar surface area (TPSA) is 94.0 Å². The first kappa shape index (κ1) is 9.35. The number of hydrazine groups is 1. The lowest BCUT2D eigenvalue weighted by Crippen LogP contribution is -2.29. The van der Waals surface area contributed by atoms with E-state index in [9.17, 15) is 4.79 Å². The monoisotopic (exact) mass is 204 g/mol. The Kier molecular flexibility index (Phi) is 2.42. The van der Waals surface area contributed by atoms with Gasteiger partial charge in [-0.25, -0.2) is 5.84 Å². The second-order valence-corrected chi connectivity index (χ2v) is 2.79. The van der Waals surface area contributed by atoms with Gasteiger partial charge in [0.1, 0.15) is 0 Å². The van der Waals surface area contributed by atoms with Gasteiger partial charge in [0.05, 0.1) is 0 Å². The Bertz CT molecular complexity index is 449. The van der Waals surface area contributed by atoms with E-state index in [1.165, 1.54) is 6.39 Å². The first-order valence-electron chi connectivity index (χ1n) is 4.19. The molecule has 0 spiro atoms. The highest BCUT2D eigenvalue weighted by Crippen LogP contribution is 2.16. The third kappa shape index (κ3) is 1.84. The Labute approximate surface area is 85.1 Å². The van der Waals surface area contributed by atoms with E-state index in [0.29, 0.717) is 11.5 Å². The molecular formula is C9H8N4O2. The van der Waals surface area contributed by atoms with Crippen molar-refractivity contribution in [3.05, 3.63) is 36.2 Å². The van der Waals surface area contributed by atoms with E-state index >= 15 is 0 Å². The van der Waals surface area contributed by atoms with Crippen LogP contribution in [0.2, 0.25) is 0 Å². The summed E-state index contributed by atoms with van der Waals surface area (Å²) in [5, 5.41) is 7.30. The van der Waals surface area contributed by atoms with Crippen molar-refractivity contribution < 1.29 is 9.21 Å². The molecule has 1 aromatic carbocycles. The molecule has 0 aliphatic heterocycles. The molecule has 6 nitrogen and oxygen atoms in total. The van der Waals surface area contributed by atoms with Crippen LogP contribution in [0.3, 0.4) is 0 Å². The summed E-state index contributed by atoms with van der Waals surface area (Å²) in [4.78, 5) is 11.1. The Balaban J connectivity index is 2.29. The normalized spacial score (nSPS) is 9.93. The summed E-state index contributed by atoms with van der Waals surface area (Å²) < 4.78 is 5.00. The van der Waals surface area contributed by atoms with Crippen molar-refractivity contribution in [2.24, 2.45) is 5.84 Å². The van der Waals surface area contributed by atoms with Gasteiger partial charge < -0.3 is 4.42 Å². The highest BCUT2D eigenvalue weighted by Gasteiger charge is 2.06. The van der Waals surface area contributed by atoms with Crippen LogP contribution in [0.25, 0.3) is 11.5 Å². The quantitative estimate of drug-likeness (QED) is 0.418. The van der Waals surface area contributed by atoms with Crippen LogP contribution >= 0.6 is 0 Å². The number of amides is 1. The summed E-state index contributed by atoms with van der Waals surface area (Å²) >= 11 is 0. The Morgan fingerprint density at radius 1 is 1.33 bits per heavy atom. The van der Waals surface area contributed by atoms with Gasteiger partial charge in [-0.05, 0) is 24.3 Å². The van der Waals surface area contributed by atoms with Gasteiger partial charge in [-0.15, -0.1) is 10.2 Å². The van der Waals surface area contributed by atoms with Gasteiger partial charge in [0, 0.05) is 11.1 Å². The van der Waals surface area contributed by atoms with Crippen LogP contribution in [0, 0.1) is 0 Å². The average molecular weight is 204 g/mol. The van der Waals surface area contributed by atoms with E-state index in [-0.39, 0.29) is 5.91 Å². The van der Waals surface area contributed by atoms with Crippen LogP contribution < -0.4 is 11.3 Å². The van der Waals surface area contributed by atoms with Gasteiger partial charge in [-0.2, -0.15) is 0 Å². The maximum Gasteiger partial charge on any atom is 0.265 e. The molecule has 0 saturated heterocycles. The summed E-state index contributed by atoms with van der Waals surface area (Å²) in [6.45, 7) is 0. The molecule has 15 heavy (non-hydrogen) atoms. The third-order valence-corrected chi connectivity index (χ3v) is 1.89. The Hall–Kier alpha value is -2.21. The van der Waals surface area contributed by atoms with Crippen molar-refractivity contribution in [1.29, 1.82) is 0 Å². The summed E-state index contributed by atoms with van der Waals surface area (Å²) in [6.07, 6.45) is 1.25.